The molecular weight excluding hydrogens is 262 g/mol. The van der Waals surface area contributed by atoms with Gasteiger partial charge >= 0.3 is 0 Å². The Kier molecular flexibility index (Phi) is 3.10. The molecule has 2 atom stereocenters. The second kappa shape index (κ2) is 4.77. The molecule has 5 nitrogen and oxygen atoms in total. The fraction of sp³-hybridized carbons (Fsp3) is 0.385. The number of nitrogens with one attached hydrogen (secondary N) is 3. The first-order valence-corrected chi connectivity index (χ1v) is 7.33. The van der Waals surface area contributed by atoms with Crippen molar-refractivity contribution in [2.24, 2.45) is 0 Å². The Morgan fingerprint density at radius 1 is 1.26 bits per heavy atom. The highest BCUT2D eigenvalue weighted by molar-refractivity contribution is 8.00. The minimum Gasteiger partial charge on any atom is -0.381 e. The maximum atomic E-state index is 11.9. The average molecular weight is 277 g/mol. The summed E-state index contributed by atoms with van der Waals surface area (Å²) >= 11 is 1.92. The number of aromatic nitrogens is 2. The van der Waals surface area contributed by atoms with Crippen molar-refractivity contribution >= 4 is 28.2 Å². The SMILES string of the molecule is CC1SCCC1Nc1cccc2c(=O)[nH][nH]c(=O)c12. The van der Waals surface area contributed by atoms with Gasteiger partial charge in [0.25, 0.3) is 11.1 Å². The number of aromatic amines is 2. The number of anilines is 1. The third-order valence-electron chi connectivity index (χ3n) is 3.54. The van der Waals surface area contributed by atoms with Gasteiger partial charge in [-0.2, -0.15) is 11.8 Å². The second-order valence-corrected chi connectivity index (χ2v) is 6.24. The van der Waals surface area contributed by atoms with Crippen molar-refractivity contribution in [3.63, 3.8) is 0 Å². The maximum absolute atomic E-state index is 11.9. The van der Waals surface area contributed by atoms with Gasteiger partial charge < -0.3 is 5.32 Å². The molecule has 2 heterocycles. The van der Waals surface area contributed by atoms with E-state index in [1.54, 1.807) is 12.1 Å². The van der Waals surface area contributed by atoms with Gasteiger partial charge in [-0.15, -0.1) is 0 Å². The van der Waals surface area contributed by atoms with E-state index in [-0.39, 0.29) is 11.1 Å². The lowest BCUT2D eigenvalue weighted by molar-refractivity contribution is 0.725. The van der Waals surface area contributed by atoms with Crippen LogP contribution in [0.3, 0.4) is 0 Å². The number of H-pyrrole nitrogens is 2. The number of hydrogen-bond donors (Lipinski definition) is 3. The van der Waals surface area contributed by atoms with Gasteiger partial charge in [0, 0.05) is 17.0 Å². The number of fused-ring (bicyclic) bond motifs is 1. The molecule has 0 aliphatic carbocycles. The van der Waals surface area contributed by atoms with Gasteiger partial charge in [-0.05, 0) is 24.3 Å². The molecule has 100 valence electrons. The molecule has 1 aliphatic rings. The molecule has 1 fully saturated rings. The van der Waals surface area contributed by atoms with Crippen molar-refractivity contribution in [3.05, 3.63) is 38.9 Å². The van der Waals surface area contributed by atoms with E-state index in [0.717, 1.165) is 17.9 Å². The van der Waals surface area contributed by atoms with Crippen LogP contribution in [0.5, 0.6) is 0 Å². The van der Waals surface area contributed by atoms with E-state index in [1.807, 2.05) is 17.8 Å². The number of rotatable bonds is 2. The molecule has 0 bridgehead atoms. The third kappa shape index (κ3) is 2.16. The first-order valence-electron chi connectivity index (χ1n) is 6.28. The van der Waals surface area contributed by atoms with Crippen LogP contribution in [0.15, 0.2) is 27.8 Å². The third-order valence-corrected chi connectivity index (χ3v) is 4.87. The molecule has 0 spiro atoms. The fourth-order valence-electron chi connectivity index (χ4n) is 2.47. The van der Waals surface area contributed by atoms with Gasteiger partial charge in [0.15, 0.2) is 0 Å². The van der Waals surface area contributed by atoms with Crippen LogP contribution >= 0.6 is 11.8 Å². The van der Waals surface area contributed by atoms with Crippen molar-refractivity contribution in [1.29, 1.82) is 0 Å². The topological polar surface area (TPSA) is 77.8 Å². The summed E-state index contributed by atoms with van der Waals surface area (Å²) in [7, 11) is 0. The molecule has 1 aliphatic heterocycles. The van der Waals surface area contributed by atoms with Crippen LogP contribution in [-0.2, 0) is 0 Å². The molecule has 6 heteroatoms. The lowest BCUT2D eigenvalue weighted by Gasteiger charge is -2.18. The Hall–Kier alpha value is -1.69. The van der Waals surface area contributed by atoms with Crippen molar-refractivity contribution < 1.29 is 0 Å². The molecule has 1 aromatic carbocycles. The highest BCUT2D eigenvalue weighted by Gasteiger charge is 2.24. The normalized spacial score (nSPS) is 22.8. The lowest BCUT2D eigenvalue weighted by atomic mass is 10.1. The summed E-state index contributed by atoms with van der Waals surface area (Å²) in [5, 5.41) is 9.51. The highest BCUT2D eigenvalue weighted by Crippen LogP contribution is 2.30. The van der Waals surface area contributed by atoms with E-state index in [2.05, 4.69) is 22.4 Å². The molecule has 3 N–H and O–H groups in total. The Bertz CT molecular complexity index is 722. The molecule has 0 amide bonds. The lowest BCUT2D eigenvalue weighted by Crippen LogP contribution is -2.27. The zero-order valence-corrected chi connectivity index (χ0v) is 11.3. The van der Waals surface area contributed by atoms with E-state index in [1.165, 1.54) is 0 Å². The van der Waals surface area contributed by atoms with Crippen LogP contribution in [0.1, 0.15) is 13.3 Å². The van der Waals surface area contributed by atoms with E-state index >= 15 is 0 Å². The Balaban J connectivity index is 2.11. The molecule has 0 saturated carbocycles. The van der Waals surface area contributed by atoms with Gasteiger partial charge in [-0.25, -0.2) is 0 Å². The predicted octanol–water partition coefficient (Wildman–Crippen LogP) is 1.52. The fourth-order valence-corrected chi connectivity index (χ4v) is 3.67. The highest BCUT2D eigenvalue weighted by atomic mass is 32.2. The Labute approximate surface area is 113 Å². The van der Waals surface area contributed by atoms with E-state index in [4.69, 9.17) is 0 Å². The van der Waals surface area contributed by atoms with Gasteiger partial charge in [0.2, 0.25) is 0 Å². The van der Waals surface area contributed by atoms with Crippen LogP contribution in [0, 0.1) is 0 Å². The monoisotopic (exact) mass is 277 g/mol. The van der Waals surface area contributed by atoms with Crippen LogP contribution in [0.25, 0.3) is 10.8 Å². The standard InChI is InChI=1S/C13H15N3O2S/c1-7-9(5-6-19-7)14-10-4-2-3-8-11(10)13(18)16-15-12(8)17/h2-4,7,9,14H,5-6H2,1H3,(H,15,17)(H,16,18). The number of benzene rings is 1. The first kappa shape index (κ1) is 12.3. The summed E-state index contributed by atoms with van der Waals surface area (Å²) in [5.74, 6) is 1.13. The quantitative estimate of drug-likeness (QED) is 0.778. The van der Waals surface area contributed by atoms with Gasteiger partial charge in [0.1, 0.15) is 0 Å². The van der Waals surface area contributed by atoms with Crippen molar-refractivity contribution in [2.75, 3.05) is 11.1 Å². The Morgan fingerprint density at radius 2 is 2.05 bits per heavy atom. The van der Waals surface area contributed by atoms with E-state index in [9.17, 15) is 9.59 Å². The molecule has 2 unspecified atom stereocenters. The first-order chi connectivity index (χ1) is 9.16. The van der Waals surface area contributed by atoms with E-state index in [0.29, 0.717) is 22.1 Å². The van der Waals surface area contributed by atoms with Crippen LogP contribution in [0.2, 0.25) is 0 Å². The molecular formula is C13H15N3O2S. The molecule has 3 rings (SSSR count). The second-order valence-electron chi connectivity index (χ2n) is 4.75. The summed E-state index contributed by atoms with van der Waals surface area (Å²) in [6.45, 7) is 2.18. The molecule has 1 aromatic heterocycles. The zero-order valence-electron chi connectivity index (χ0n) is 10.5. The van der Waals surface area contributed by atoms with Gasteiger partial charge in [-0.3, -0.25) is 19.8 Å². The average Bonchev–Trinajstić information content (AvgIpc) is 2.80. The Morgan fingerprint density at radius 3 is 2.79 bits per heavy atom. The summed E-state index contributed by atoms with van der Waals surface area (Å²) in [4.78, 5) is 23.7. The predicted molar refractivity (Wildman–Crippen MR) is 79.1 cm³/mol. The van der Waals surface area contributed by atoms with Crippen LogP contribution < -0.4 is 16.4 Å². The molecule has 0 radical (unpaired) electrons. The summed E-state index contributed by atoms with van der Waals surface area (Å²) < 4.78 is 0. The largest absolute Gasteiger partial charge is 0.381 e. The van der Waals surface area contributed by atoms with Crippen molar-refractivity contribution in [2.45, 2.75) is 24.6 Å². The molecule has 1 saturated heterocycles. The smallest absolute Gasteiger partial charge is 0.272 e. The minimum atomic E-state index is -0.271. The van der Waals surface area contributed by atoms with Gasteiger partial charge in [-0.1, -0.05) is 13.0 Å². The molecule has 19 heavy (non-hydrogen) atoms. The van der Waals surface area contributed by atoms with E-state index < -0.39 is 0 Å². The summed E-state index contributed by atoms with van der Waals surface area (Å²) in [6.07, 6.45) is 1.07. The van der Waals surface area contributed by atoms with Gasteiger partial charge in [0.05, 0.1) is 10.8 Å². The van der Waals surface area contributed by atoms with Crippen molar-refractivity contribution in [1.82, 2.24) is 10.2 Å². The minimum absolute atomic E-state index is 0.268. The van der Waals surface area contributed by atoms with Crippen LogP contribution in [0.4, 0.5) is 5.69 Å². The maximum Gasteiger partial charge on any atom is 0.272 e. The summed E-state index contributed by atoms with van der Waals surface area (Å²) in [6, 6.07) is 5.66. The van der Waals surface area contributed by atoms with Crippen molar-refractivity contribution in [3.8, 4) is 0 Å². The number of thioether (sulfide) groups is 1. The van der Waals surface area contributed by atoms with Crippen LogP contribution in [-0.4, -0.2) is 27.2 Å². The summed E-state index contributed by atoms with van der Waals surface area (Å²) in [5.41, 5.74) is 0.201. The number of hydrogen-bond acceptors (Lipinski definition) is 4. The molecule has 2 aromatic rings. The zero-order chi connectivity index (χ0) is 13.4.